The number of aromatic nitrogens is 2. The van der Waals surface area contributed by atoms with E-state index < -0.39 is 0 Å². The van der Waals surface area contributed by atoms with Gasteiger partial charge < -0.3 is 4.90 Å². The molecule has 0 unspecified atom stereocenters. The Balaban J connectivity index is 1.19. The molecule has 1 heterocycles. The zero-order valence-corrected chi connectivity index (χ0v) is 30.9. The number of anilines is 6. The van der Waals surface area contributed by atoms with Crippen molar-refractivity contribution in [3.63, 3.8) is 0 Å². The minimum absolute atomic E-state index is 0.172. The zero-order chi connectivity index (χ0) is 37.5. The number of halogens is 1. The number of hydrogen-bond acceptors (Lipinski definition) is 4. The minimum atomic E-state index is -0.263. The Bertz CT molecular complexity index is 3130. The standard InChI is InChI=1S/C51H35FN4/c1-51(2)41-15-8-6-13-37(41)49-42(51)16-10-18-46(49)55(36-25-23-34(52)24-26-36)44-29-21-32-20-28-40-45(30-22-33-19-27-39(44)47(32)48(33)40)56(35-11-4-3-5-12-35)50-38-14-7-9-17-43(38)53-31-54-50/h3-31H,1-2H3. The predicted octanol–water partition coefficient (Wildman–Crippen LogP) is 13.9. The van der Waals surface area contributed by atoms with Gasteiger partial charge in [-0.3, -0.25) is 4.90 Å². The second-order valence-electron chi connectivity index (χ2n) is 15.2. The van der Waals surface area contributed by atoms with Crippen LogP contribution in [0, 0.1) is 5.82 Å². The fraction of sp³-hybridized carbons (Fsp3) is 0.0588. The molecule has 1 aliphatic carbocycles. The van der Waals surface area contributed by atoms with Gasteiger partial charge in [0.2, 0.25) is 0 Å². The van der Waals surface area contributed by atoms with Crippen molar-refractivity contribution in [3.05, 3.63) is 193 Å². The summed E-state index contributed by atoms with van der Waals surface area (Å²) in [6.45, 7) is 4.61. The molecule has 0 amide bonds. The van der Waals surface area contributed by atoms with Gasteiger partial charge in [-0.05, 0) is 105 Å². The average Bonchev–Trinajstić information content (AvgIpc) is 3.48. The van der Waals surface area contributed by atoms with Crippen molar-refractivity contribution in [3.8, 4) is 11.1 Å². The zero-order valence-electron chi connectivity index (χ0n) is 30.9. The highest BCUT2D eigenvalue weighted by atomic mass is 19.1. The molecule has 56 heavy (non-hydrogen) atoms. The normalized spacial score (nSPS) is 13.1. The maximum absolute atomic E-state index is 14.6. The van der Waals surface area contributed by atoms with Crippen LogP contribution in [0.25, 0.3) is 54.3 Å². The molecule has 0 radical (unpaired) electrons. The maximum Gasteiger partial charge on any atom is 0.148 e. The molecule has 0 saturated heterocycles. The first-order chi connectivity index (χ1) is 27.5. The van der Waals surface area contributed by atoms with Crippen LogP contribution in [0.3, 0.4) is 0 Å². The third kappa shape index (κ3) is 4.70. The van der Waals surface area contributed by atoms with Gasteiger partial charge in [0.25, 0.3) is 0 Å². The highest BCUT2D eigenvalue weighted by Crippen LogP contribution is 2.55. The number of fused-ring (bicyclic) bond motifs is 4. The second kappa shape index (κ2) is 12.2. The van der Waals surface area contributed by atoms with Gasteiger partial charge in [0.1, 0.15) is 18.0 Å². The number of nitrogens with zero attached hydrogens (tertiary/aromatic N) is 4. The maximum atomic E-state index is 14.6. The van der Waals surface area contributed by atoms with Gasteiger partial charge in [-0.1, -0.05) is 117 Å². The fourth-order valence-corrected chi connectivity index (χ4v) is 9.20. The van der Waals surface area contributed by atoms with Gasteiger partial charge >= 0.3 is 0 Å². The molecule has 0 saturated carbocycles. The van der Waals surface area contributed by atoms with E-state index in [0.29, 0.717) is 0 Å². The largest absolute Gasteiger partial charge is 0.309 e. The molecular weight excluding hydrogens is 688 g/mol. The van der Waals surface area contributed by atoms with Gasteiger partial charge in [0.15, 0.2) is 0 Å². The summed E-state index contributed by atoms with van der Waals surface area (Å²) in [7, 11) is 0. The van der Waals surface area contributed by atoms with E-state index in [9.17, 15) is 4.39 Å². The van der Waals surface area contributed by atoms with E-state index in [-0.39, 0.29) is 11.2 Å². The summed E-state index contributed by atoms with van der Waals surface area (Å²) >= 11 is 0. The first-order valence-corrected chi connectivity index (χ1v) is 19.0. The van der Waals surface area contributed by atoms with E-state index in [4.69, 9.17) is 4.98 Å². The van der Waals surface area contributed by atoms with Crippen molar-refractivity contribution in [1.29, 1.82) is 0 Å². The van der Waals surface area contributed by atoms with Crippen LogP contribution in [0.2, 0.25) is 0 Å². The first kappa shape index (κ1) is 32.3. The van der Waals surface area contributed by atoms with Crippen molar-refractivity contribution in [2.75, 3.05) is 9.80 Å². The van der Waals surface area contributed by atoms with Gasteiger partial charge in [0, 0.05) is 38.5 Å². The van der Waals surface area contributed by atoms with Crippen molar-refractivity contribution >= 4 is 77.5 Å². The Kier molecular flexibility index (Phi) is 7.05. The Morgan fingerprint density at radius 2 is 1.07 bits per heavy atom. The second-order valence-corrected chi connectivity index (χ2v) is 15.2. The Morgan fingerprint density at radius 3 is 1.82 bits per heavy atom. The number of rotatable bonds is 6. The van der Waals surface area contributed by atoms with Gasteiger partial charge in [-0.25, -0.2) is 14.4 Å². The molecule has 266 valence electrons. The van der Waals surface area contributed by atoms with Gasteiger partial charge in [-0.2, -0.15) is 0 Å². The van der Waals surface area contributed by atoms with Crippen LogP contribution in [-0.4, -0.2) is 9.97 Å². The summed E-state index contributed by atoms with van der Waals surface area (Å²) in [5.41, 5.74) is 10.8. The summed E-state index contributed by atoms with van der Waals surface area (Å²) in [6, 6.07) is 58.7. The van der Waals surface area contributed by atoms with Crippen LogP contribution in [0.1, 0.15) is 25.0 Å². The summed E-state index contributed by atoms with van der Waals surface area (Å²) in [5, 5.41) is 7.88. The molecular formula is C51H35FN4. The van der Waals surface area contributed by atoms with E-state index in [1.165, 1.54) is 33.0 Å². The smallest absolute Gasteiger partial charge is 0.148 e. The Hall–Kier alpha value is -7.11. The van der Waals surface area contributed by atoms with Crippen LogP contribution >= 0.6 is 0 Å². The molecule has 0 bridgehead atoms. The summed E-state index contributed by atoms with van der Waals surface area (Å²) in [4.78, 5) is 14.1. The third-order valence-corrected chi connectivity index (χ3v) is 11.8. The lowest BCUT2D eigenvalue weighted by molar-refractivity contribution is 0.628. The van der Waals surface area contributed by atoms with E-state index in [1.807, 2.05) is 36.4 Å². The molecule has 0 spiro atoms. The van der Waals surface area contributed by atoms with Crippen LogP contribution in [0.4, 0.5) is 38.6 Å². The first-order valence-electron chi connectivity index (χ1n) is 19.0. The number of para-hydroxylation sites is 2. The molecule has 0 fully saturated rings. The quantitative estimate of drug-likeness (QED) is 0.160. The van der Waals surface area contributed by atoms with E-state index in [2.05, 4.69) is 150 Å². The fourth-order valence-electron chi connectivity index (χ4n) is 9.20. The third-order valence-electron chi connectivity index (χ3n) is 11.8. The lowest BCUT2D eigenvalue weighted by atomic mass is 9.82. The monoisotopic (exact) mass is 722 g/mol. The molecule has 0 aliphatic heterocycles. The van der Waals surface area contributed by atoms with Crippen LogP contribution < -0.4 is 9.80 Å². The number of hydrogen-bond donors (Lipinski definition) is 0. The molecule has 1 aliphatic rings. The average molecular weight is 723 g/mol. The van der Waals surface area contributed by atoms with E-state index in [1.54, 1.807) is 18.5 Å². The van der Waals surface area contributed by atoms with E-state index in [0.717, 1.165) is 66.7 Å². The van der Waals surface area contributed by atoms with Crippen LogP contribution in [0.15, 0.2) is 176 Å². The van der Waals surface area contributed by atoms with Crippen molar-refractivity contribution in [2.45, 2.75) is 19.3 Å². The predicted molar refractivity (Wildman–Crippen MR) is 230 cm³/mol. The summed E-state index contributed by atoms with van der Waals surface area (Å²) in [5.74, 6) is 0.557. The number of benzene rings is 9. The Labute approximate surface area is 324 Å². The summed E-state index contributed by atoms with van der Waals surface area (Å²) in [6.07, 6.45) is 1.65. The van der Waals surface area contributed by atoms with Gasteiger partial charge in [0.05, 0.1) is 22.6 Å². The molecule has 11 rings (SSSR count). The van der Waals surface area contributed by atoms with Crippen molar-refractivity contribution in [1.82, 2.24) is 9.97 Å². The molecule has 4 nitrogen and oxygen atoms in total. The van der Waals surface area contributed by atoms with Crippen molar-refractivity contribution < 1.29 is 4.39 Å². The molecule has 5 heteroatoms. The van der Waals surface area contributed by atoms with Gasteiger partial charge in [-0.15, -0.1) is 0 Å². The molecule has 1 aromatic heterocycles. The molecule has 10 aromatic rings. The lowest BCUT2D eigenvalue weighted by Gasteiger charge is -2.31. The SMILES string of the molecule is CC1(C)c2ccccc2-c2c(N(c3ccc(F)cc3)c3ccc4ccc5c(N(c6ccccc6)c6ncnc7ccccc67)ccc6ccc3c4c65)cccc21. The Morgan fingerprint density at radius 1 is 0.464 bits per heavy atom. The van der Waals surface area contributed by atoms with Crippen molar-refractivity contribution in [2.24, 2.45) is 0 Å². The highest BCUT2D eigenvalue weighted by molar-refractivity contribution is 6.28. The minimum Gasteiger partial charge on any atom is -0.309 e. The van der Waals surface area contributed by atoms with Crippen LogP contribution in [-0.2, 0) is 5.41 Å². The topological polar surface area (TPSA) is 32.3 Å². The molecule has 9 aromatic carbocycles. The van der Waals surface area contributed by atoms with Crippen LogP contribution in [0.5, 0.6) is 0 Å². The van der Waals surface area contributed by atoms with E-state index >= 15 is 0 Å². The summed E-state index contributed by atoms with van der Waals surface area (Å²) < 4.78 is 14.6. The highest BCUT2D eigenvalue weighted by Gasteiger charge is 2.38. The molecule has 0 N–H and O–H groups in total. The molecule has 0 atom stereocenters. The lowest BCUT2D eigenvalue weighted by Crippen LogP contribution is -2.16.